The Kier molecular flexibility index (Phi) is 5.28. The van der Waals surface area contributed by atoms with Crippen LogP contribution in [-0.2, 0) is 11.2 Å². The maximum Gasteiger partial charge on any atom is 0.0906 e. The third-order valence-electron chi connectivity index (χ3n) is 2.05. The molecule has 1 rings (SSSR count). The minimum atomic E-state index is 0.233. The highest BCUT2D eigenvalue weighted by atomic mass is 32.1. The molecule has 0 saturated carbocycles. The van der Waals surface area contributed by atoms with Gasteiger partial charge in [0, 0.05) is 24.3 Å². The summed E-state index contributed by atoms with van der Waals surface area (Å²) >= 11 is 1.67. The van der Waals surface area contributed by atoms with Gasteiger partial charge in [0.05, 0.1) is 23.6 Å². The van der Waals surface area contributed by atoms with E-state index in [9.17, 15) is 0 Å². The molecule has 0 amide bonds. The molecule has 0 aliphatic heterocycles. The van der Waals surface area contributed by atoms with Crippen molar-refractivity contribution in [2.45, 2.75) is 26.2 Å². The van der Waals surface area contributed by atoms with E-state index in [0.29, 0.717) is 13.0 Å². The third kappa shape index (κ3) is 4.90. The number of nitrogens with two attached hydrogens (primary N) is 1. The molecule has 4 nitrogen and oxygen atoms in total. The van der Waals surface area contributed by atoms with Gasteiger partial charge in [-0.3, -0.25) is 5.41 Å². The lowest BCUT2D eigenvalue weighted by atomic mass is 10.3. The standard InChI is InChI=1S/C10H17N3OS/c1-8-9(15-7-13-8)4-6-14-5-2-3-10(11)12/h7H,2-6H2,1H3,(H3,11,12). The van der Waals surface area contributed by atoms with Gasteiger partial charge >= 0.3 is 0 Å². The number of nitrogens with one attached hydrogen (secondary N) is 1. The zero-order valence-corrected chi connectivity index (χ0v) is 9.77. The number of aromatic nitrogens is 1. The summed E-state index contributed by atoms with van der Waals surface area (Å²) in [4.78, 5) is 5.47. The first-order chi connectivity index (χ1) is 7.20. The summed E-state index contributed by atoms with van der Waals surface area (Å²) in [5.41, 5.74) is 8.19. The first kappa shape index (κ1) is 12.1. The second kappa shape index (κ2) is 6.53. The Bertz CT molecular complexity index is 311. The van der Waals surface area contributed by atoms with E-state index in [-0.39, 0.29) is 5.84 Å². The van der Waals surface area contributed by atoms with Crippen LogP contribution in [0.4, 0.5) is 0 Å². The molecular weight excluding hydrogens is 210 g/mol. The number of thiazole rings is 1. The fraction of sp³-hybridized carbons (Fsp3) is 0.600. The monoisotopic (exact) mass is 227 g/mol. The summed E-state index contributed by atoms with van der Waals surface area (Å²) in [6.45, 7) is 3.42. The number of rotatable bonds is 7. The summed E-state index contributed by atoms with van der Waals surface area (Å²) in [6, 6.07) is 0. The molecule has 0 bridgehead atoms. The van der Waals surface area contributed by atoms with E-state index in [1.807, 2.05) is 12.4 Å². The Morgan fingerprint density at radius 1 is 1.60 bits per heavy atom. The summed E-state index contributed by atoms with van der Waals surface area (Å²) in [6.07, 6.45) is 2.38. The summed E-state index contributed by atoms with van der Waals surface area (Å²) in [5, 5.41) is 7.03. The van der Waals surface area contributed by atoms with E-state index < -0.39 is 0 Å². The lowest BCUT2D eigenvalue weighted by molar-refractivity contribution is 0.136. The number of aryl methyl sites for hydroxylation is 1. The maximum atomic E-state index is 7.03. The molecule has 84 valence electrons. The van der Waals surface area contributed by atoms with Gasteiger partial charge in [-0.2, -0.15) is 0 Å². The summed E-state index contributed by atoms with van der Waals surface area (Å²) in [5.74, 6) is 0.233. The molecule has 0 saturated heterocycles. The van der Waals surface area contributed by atoms with Crippen molar-refractivity contribution in [1.29, 1.82) is 5.41 Å². The highest BCUT2D eigenvalue weighted by Gasteiger charge is 2.00. The Morgan fingerprint density at radius 3 is 3.00 bits per heavy atom. The van der Waals surface area contributed by atoms with Crippen molar-refractivity contribution >= 4 is 17.2 Å². The smallest absolute Gasteiger partial charge is 0.0906 e. The van der Waals surface area contributed by atoms with Gasteiger partial charge in [-0.05, 0) is 13.3 Å². The van der Waals surface area contributed by atoms with Crippen molar-refractivity contribution in [2.75, 3.05) is 13.2 Å². The molecule has 0 aromatic carbocycles. The molecule has 1 aromatic rings. The summed E-state index contributed by atoms with van der Waals surface area (Å²) < 4.78 is 5.44. The Hall–Kier alpha value is -0.940. The summed E-state index contributed by atoms with van der Waals surface area (Å²) in [7, 11) is 0. The van der Waals surface area contributed by atoms with Crippen LogP contribution in [0.25, 0.3) is 0 Å². The molecule has 1 aromatic heterocycles. The van der Waals surface area contributed by atoms with Gasteiger partial charge in [0.15, 0.2) is 0 Å². The number of hydrogen-bond acceptors (Lipinski definition) is 4. The molecule has 15 heavy (non-hydrogen) atoms. The van der Waals surface area contributed by atoms with Crippen LogP contribution in [0.1, 0.15) is 23.4 Å². The number of nitrogens with zero attached hydrogens (tertiary/aromatic N) is 1. The predicted molar refractivity (Wildman–Crippen MR) is 62.5 cm³/mol. The lowest BCUT2D eigenvalue weighted by Crippen LogP contribution is -2.10. The van der Waals surface area contributed by atoms with Crippen molar-refractivity contribution < 1.29 is 4.74 Å². The van der Waals surface area contributed by atoms with Crippen molar-refractivity contribution in [3.8, 4) is 0 Å². The van der Waals surface area contributed by atoms with Crippen LogP contribution < -0.4 is 5.73 Å². The van der Waals surface area contributed by atoms with Crippen molar-refractivity contribution in [3.63, 3.8) is 0 Å². The topological polar surface area (TPSA) is 72.0 Å². The van der Waals surface area contributed by atoms with Crippen LogP contribution in [0.2, 0.25) is 0 Å². The van der Waals surface area contributed by atoms with Crippen LogP contribution >= 0.6 is 11.3 Å². The van der Waals surface area contributed by atoms with Gasteiger partial charge in [-0.25, -0.2) is 4.98 Å². The average Bonchev–Trinajstić information content (AvgIpc) is 2.57. The van der Waals surface area contributed by atoms with Crippen LogP contribution in [0.5, 0.6) is 0 Å². The van der Waals surface area contributed by atoms with Gasteiger partial charge in [0.25, 0.3) is 0 Å². The van der Waals surface area contributed by atoms with E-state index in [1.165, 1.54) is 4.88 Å². The number of amidine groups is 1. The second-order valence-corrected chi connectivity index (χ2v) is 4.29. The molecule has 3 N–H and O–H groups in total. The Labute approximate surface area is 94.0 Å². The van der Waals surface area contributed by atoms with E-state index in [4.69, 9.17) is 15.9 Å². The van der Waals surface area contributed by atoms with E-state index in [2.05, 4.69) is 4.98 Å². The van der Waals surface area contributed by atoms with E-state index in [1.54, 1.807) is 11.3 Å². The van der Waals surface area contributed by atoms with Crippen molar-refractivity contribution in [1.82, 2.24) is 4.98 Å². The van der Waals surface area contributed by atoms with Gasteiger partial charge in [0.2, 0.25) is 0 Å². The average molecular weight is 227 g/mol. The fourth-order valence-electron chi connectivity index (χ4n) is 1.20. The SMILES string of the molecule is Cc1ncsc1CCOCCCC(=N)N. The largest absolute Gasteiger partial charge is 0.388 e. The minimum absolute atomic E-state index is 0.233. The first-order valence-electron chi connectivity index (χ1n) is 4.99. The molecule has 0 spiro atoms. The zero-order valence-electron chi connectivity index (χ0n) is 8.95. The van der Waals surface area contributed by atoms with Crippen molar-refractivity contribution in [3.05, 3.63) is 16.1 Å². The van der Waals surface area contributed by atoms with Gasteiger partial charge < -0.3 is 10.5 Å². The second-order valence-electron chi connectivity index (χ2n) is 3.35. The zero-order chi connectivity index (χ0) is 11.1. The minimum Gasteiger partial charge on any atom is -0.388 e. The highest BCUT2D eigenvalue weighted by molar-refractivity contribution is 7.09. The molecule has 0 aliphatic carbocycles. The van der Waals surface area contributed by atoms with Crippen LogP contribution in [0, 0.1) is 12.3 Å². The molecule has 0 aliphatic rings. The molecule has 0 unspecified atom stereocenters. The van der Waals surface area contributed by atoms with Gasteiger partial charge in [-0.1, -0.05) is 0 Å². The molecule has 0 atom stereocenters. The fourth-order valence-corrected chi connectivity index (χ4v) is 1.96. The lowest BCUT2D eigenvalue weighted by Gasteiger charge is -2.02. The molecular formula is C10H17N3OS. The molecule has 5 heteroatoms. The van der Waals surface area contributed by atoms with Crippen molar-refractivity contribution in [2.24, 2.45) is 5.73 Å². The third-order valence-corrected chi connectivity index (χ3v) is 3.05. The molecule has 0 fully saturated rings. The molecule has 0 radical (unpaired) electrons. The Morgan fingerprint density at radius 2 is 2.40 bits per heavy atom. The molecule has 1 heterocycles. The first-order valence-corrected chi connectivity index (χ1v) is 5.87. The Balaban J connectivity index is 2.03. The van der Waals surface area contributed by atoms with Crippen LogP contribution in [0.15, 0.2) is 5.51 Å². The normalized spacial score (nSPS) is 10.5. The van der Waals surface area contributed by atoms with Gasteiger partial charge in [-0.15, -0.1) is 11.3 Å². The van der Waals surface area contributed by atoms with Crippen LogP contribution in [-0.4, -0.2) is 24.0 Å². The van der Waals surface area contributed by atoms with Gasteiger partial charge in [0.1, 0.15) is 0 Å². The number of hydrogen-bond donors (Lipinski definition) is 2. The quantitative estimate of drug-likeness (QED) is 0.423. The predicted octanol–water partition coefficient (Wildman–Crippen LogP) is 1.73. The van der Waals surface area contributed by atoms with E-state index in [0.717, 1.165) is 25.1 Å². The van der Waals surface area contributed by atoms with Crippen LogP contribution in [0.3, 0.4) is 0 Å². The highest BCUT2D eigenvalue weighted by Crippen LogP contribution is 2.12. The number of ether oxygens (including phenoxy) is 1. The van der Waals surface area contributed by atoms with E-state index >= 15 is 0 Å². The maximum absolute atomic E-state index is 7.03.